The molecule has 0 spiro atoms. The van der Waals surface area contributed by atoms with Gasteiger partial charge in [0.15, 0.2) is 17.7 Å². The van der Waals surface area contributed by atoms with Gasteiger partial charge in [-0.3, -0.25) is 0 Å². The van der Waals surface area contributed by atoms with Crippen LogP contribution in [0.5, 0.6) is 11.5 Å². The highest BCUT2D eigenvalue weighted by Crippen LogP contribution is 2.29. The average Bonchev–Trinajstić information content (AvgIpc) is 2.46. The zero-order chi connectivity index (χ0) is 15.2. The first-order chi connectivity index (χ1) is 10.1. The van der Waals surface area contributed by atoms with Gasteiger partial charge in [-0.05, 0) is 24.3 Å². The number of methoxy groups -OCH3 is 1. The van der Waals surface area contributed by atoms with Gasteiger partial charge in [-0.15, -0.1) is 0 Å². The molecule has 21 heavy (non-hydrogen) atoms. The van der Waals surface area contributed by atoms with Gasteiger partial charge in [0, 0.05) is 16.1 Å². The maximum absolute atomic E-state index is 11.0. The third-order valence-corrected chi connectivity index (χ3v) is 3.23. The van der Waals surface area contributed by atoms with Crippen LogP contribution in [0.2, 0.25) is 5.02 Å². The molecule has 4 nitrogen and oxygen atoms in total. The summed E-state index contributed by atoms with van der Waals surface area (Å²) in [6.45, 7) is 0.348. The molecule has 110 valence electrons. The predicted octanol–water partition coefficient (Wildman–Crippen LogP) is 3.49. The molecule has 5 heteroatoms. The highest BCUT2D eigenvalue weighted by atomic mass is 35.5. The van der Waals surface area contributed by atoms with E-state index in [1.165, 1.54) is 13.3 Å². The van der Waals surface area contributed by atoms with Crippen LogP contribution in [0.4, 0.5) is 0 Å². The number of benzene rings is 2. The van der Waals surface area contributed by atoms with E-state index in [-0.39, 0.29) is 0 Å². The van der Waals surface area contributed by atoms with Gasteiger partial charge in [0.25, 0.3) is 0 Å². The second-order valence-corrected chi connectivity index (χ2v) is 4.87. The molecule has 0 bridgehead atoms. The van der Waals surface area contributed by atoms with Gasteiger partial charge in [-0.1, -0.05) is 29.8 Å². The molecule has 2 rings (SSSR count). The number of halogens is 1. The SMILES string of the molecule is COc1cc(/C=[N+](/C)[O-])ccc1OCc1ccccc1Cl. The smallest absolute Gasteiger partial charge is 0.181 e. The Balaban J connectivity index is 2.17. The van der Waals surface area contributed by atoms with Crippen LogP contribution < -0.4 is 9.47 Å². The molecule has 0 radical (unpaired) electrons. The zero-order valence-corrected chi connectivity index (χ0v) is 12.6. The zero-order valence-electron chi connectivity index (χ0n) is 11.9. The van der Waals surface area contributed by atoms with Crippen LogP contribution in [0, 0.1) is 5.21 Å². The van der Waals surface area contributed by atoms with Crippen LogP contribution in [0.25, 0.3) is 0 Å². The Bertz CT molecular complexity index is 652. The Morgan fingerprint density at radius 2 is 1.95 bits per heavy atom. The molecule has 0 aliphatic carbocycles. The predicted molar refractivity (Wildman–Crippen MR) is 83.5 cm³/mol. The second kappa shape index (κ2) is 6.99. The highest BCUT2D eigenvalue weighted by Gasteiger charge is 2.08. The van der Waals surface area contributed by atoms with E-state index < -0.39 is 0 Å². The Morgan fingerprint density at radius 1 is 1.19 bits per heavy atom. The summed E-state index contributed by atoms with van der Waals surface area (Å²) < 4.78 is 11.8. The van der Waals surface area contributed by atoms with Crippen LogP contribution in [-0.2, 0) is 6.61 Å². The lowest BCUT2D eigenvalue weighted by Gasteiger charge is -2.12. The summed E-state index contributed by atoms with van der Waals surface area (Å²) >= 11 is 6.09. The maximum Gasteiger partial charge on any atom is 0.181 e. The van der Waals surface area contributed by atoms with Crippen LogP contribution in [0.15, 0.2) is 42.5 Å². The summed E-state index contributed by atoms with van der Waals surface area (Å²) in [6, 6.07) is 12.8. The Labute approximate surface area is 128 Å². The van der Waals surface area contributed by atoms with E-state index in [2.05, 4.69) is 0 Å². The van der Waals surface area contributed by atoms with E-state index in [0.717, 1.165) is 15.9 Å². The van der Waals surface area contributed by atoms with Crippen molar-refractivity contribution in [1.82, 2.24) is 0 Å². The van der Waals surface area contributed by atoms with Gasteiger partial charge < -0.3 is 14.7 Å². The standard InChI is InChI=1S/C16H16ClNO3/c1-18(19)10-12-7-8-15(16(9-12)20-2)21-11-13-5-3-4-6-14(13)17/h3-10H,11H2,1-2H3/b18-10-. The molecule has 0 aromatic heterocycles. The molecule has 0 N–H and O–H groups in total. The van der Waals surface area contributed by atoms with Gasteiger partial charge in [0.2, 0.25) is 0 Å². The van der Waals surface area contributed by atoms with Crippen molar-refractivity contribution in [2.24, 2.45) is 0 Å². The fourth-order valence-corrected chi connectivity index (χ4v) is 2.05. The first-order valence-electron chi connectivity index (χ1n) is 6.39. The monoisotopic (exact) mass is 305 g/mol. The molecule has 0 aliphatic heterocycles. The lowest BCUT2D eigenvalue weighted by atomic mass is 10.2. The molecule has 0 heterocycles. The van der Waals surface area contributed by atoms with E-state index >= 15 is 0 Å². The van der Waals surface area contributed by atoms with Gasteiger partial charge in [0.05, 0.1) is 7.11 Å². The number of nitrogens with zero attached hydrogens (tertiary/aromatic N) is 1. The van der Waals surface area contributed by atoms with Crippen molar-refractivity contribution < 1.29 is 14.2 Å². The lowest BCUT2D eigenvalue weighted by molar-refractivity contribution is -0.416. The van der Waals surface area contributed by atoms with E-state index in [0.29, 0.717) is 23.1 Å². The summed E-state index contributed by atoms with van der Waals surface area (Å²) in [5, 5.41) is 11.7. The van der Waals surface area contributed by atoms with Crippen LogP contribution in [0.1, 0.15) is 11.1 Å². The third kappa shape index (κ3) is 4.13. The van der Waals surface area contributed by atoms with Gasteiger partial charge in [-0.2, -0.15) is 0 Å². The largest absolute Gasteiger partial charge is 0.624 e. The Morgan fingerprint density at radius 3 is 2.62 bits per heavy atom. The molecule has 2 aromatic rings. The molecular formula is C16H16ClNO3. The molecular weight excluding hydrogens is 290 g/mol. The van der Waals surface area contributed by atoms with Gasteiger partial charge >= 0.3 is 0 Å². The van der Waals surface area contributed by atoms with Crippen molar-refractivity contribution >= 4 is 17.8 Å². The molecule has 0 saturated heterocycles. The lowest BCUT2D eigenvalue weighted by Crippen LogP contribution is -2.01. The summed E-state index contributed by atoms with van der Waals surface area (Å²) in [5.74, 6) is 1.17. The molecule has 0 amide bonds. The molecule has 0 saturated carbocycles. The number of hydrogen-bond donors (Lipinski definition) is 0. The number of ether oxygens (including phenoxy) is 2. The Hall–Kier alpha value is -2.20. The van der Waals surface area contributed by atoms with Crippen LogP contribution in [-0.4, -0.2) is 25.1 Å². The molecule has 0 unspecified atom stereocenters. The minimum Gasteiger partial charge on any atom is -0.624 e. The van der Waals surface area contributed by atoms with Gasteiger partial charge in [0.1, 0.15) is 13.7 Å². The molecule has 0 atom stereocenters. The van der Waals surface area contributed by atoms with Crippen molar-refractivity contribution in [3.05, 3.63) is 63.8 Å². The molecule has 2 aromatic carbocycles. The third-order valence-electron chi connectivity index (χ3n) is 2.86. The minimum atomic E-state index is 0.348. The molecule has 0 aliphatic rings. The van der Waals surface area contributed by atoms with E-state index in [1.807, 2.05) is 24.3 Å². The minimum absolute atomic E-state index is 0.348. The van der Waals surface area contributed by atoms with E-state index in [9.17, 15) is 5.21 Å². The maximum atomic E-state index is 11.0. The first kappa shape index (κ1) is 15.2. The van der Waals surface area contributed by atoms with Crippen molar-refractivity contribution in [3.63, 3.8) is 0 Å². The fourth-order valence-electron chi connectivity index (χ4n) is 1.86. The van der Waals surface area contributed by atoms with Crippen molar-refractivity contribution in [3.8, 4) is 11.5 Å². The Kier molecular flexibility index (Phi) is 5.06. The van der Waals surface area contributed by atoms with E-state index in [4.69, 9.17) is 21.1 Å². The number of hydrogen-bond acceptors (Lipinski definition) is 3. The van der Waals surface area contributed by atoms with Crippen LogP contribution >= 0.6 is 11.6 Å². The van der Waals surface area contributed by atoms with Crippen molar-refractivity contribution in [1.29, 1.82) is 0 Å². The normalized spacial score (nSPS) is 11.3. The molecule has 0 fully saturated rings. The quantitative estimate of drug-likeness (QED) is 0.368. The second-order valence-electron chi connectivity index (χ2n) is 4.47. The highest BCUT2D eigenvalue weighted by molar-refractivity contribution is 6.31. The summed E-state index contributed by atoms with van der Waals surface area (Å²) in [6.07, 6.45) is 1.46. The fraction of sp³-hybridized carbons (Fsp3) is 0.188. The van der Waals surface area contributed by atoms with Crippen molar-refractivity contribution in [2.45, 2.75) is 6.61 Å². The van der Waals surface area contributed by atoms with E-state index in [1.54, 1.807) is 25.3 Å². The van der Waals surface area contributed by atoms with Gasteiger partial charge in [-0.25, -0.2) is 4.74 Å². The first-order valence-corrected chi connectivity index (χ1v) is 6.77. The average molecular weight is 306 g/mol. The summed E-state index contributed by atoms with van der Waals surface area (Å²) in [5.41, 5.74) is 1.64. The topological polar surface area (TPSA) is 44.5 Å². The summed E-state index contributed by atoms with van der Waals surface area (Å²) in [4.78, 5) is 0. The van der Waals surface area contributed by atoms with Crippen molar-refractivity contribution in [2.75, 3.05) is 14.2 Å². The van der Waals surface area contributed by atoms with Crippen LogP contribution in [0.3, 0.4) is 0 Å². The number of rotatable bonds is 5. The summed E-state index contributed by atoms with van der Waals surface area (Å²) in [7, 11) is 2.98. The number of hydroxylamine groups is 1.